The van der Waals surface area contributed by atoms with Gasteiger partial charge in [0.25, 0.3) is 0 Å². The lowest BCUT2D eigenvalue weighted by atomic mass is 10.0. The fraction of sp³-hybridized carbons (Fsp3) is 0.0625. The van der Waals surface area contributed by atoms with Gasteiger partial charge in [-0.15, -0.1) is 0 Å². The Balaban J connectivity index is 2.21. The standard InChI is InChI=1S/C16H12BrClN2O/c1-9-2-4-10(5-3-9)14-15(21-20-16(14)19)12-8-11(18)6-7-13(12)17/h2-8H,1H3,(H2,19,20). The number of aromatic nitrogens is 1. The Hall–Kier alpha value is -1.78. The molecule has 5 heteroatoms. The van der Waals surface area contributed by atoms with E-state index >= 15 is 0 Å². The van der Waals surface area contributed by atoms with Crippen molar-refractivity contribution in [3.8, 4) is 22.5 Å². The Kier molecular flexibility index (Phi) is 3.74. The van der Waals surface area contributed by atoms with Crippen molar-refractivity contribution in [1.82, 2.24) is 5.16 Å². The largest absolute Gasteiger partial charge is 0.380 e. The molecule has 0 spiro atoms. The summed E-state index contributed by atoms with van der Waals surface area (Å²) in [4.78, 5) is 0. The van der Waals surface area contributed by atoms with Gasteiger partial charge in [0.05, 0.1) is 5.56 Å². The lowest BCUT2D eigenvalue weighted by molar-refractivity contribution is 0.436. The number of aryl methyl sites for hydroxylation is 1. The van der Waals surface area contributed by atoms with Crippen molar-refractivity contribution in [2.24, 2.45) is 0 Å². The molecule has 3 aromatic rings. The minimum Gasteiger partial charge on any atom is -0.380 e. The van der Waals surface area contributed by atoms with Gasteiger partial charge in [-0.05, 0) is 30.7 Å². The van der Waals surface area contributed by atoms with Crippen molar-refractivity contribution < 1.29 is 4.52 Å². The van der Waals surface area contributed by atoms with Gasteiger partial charge in [-0.1, -0.05) is 62.5 Å². The molecule has 1 aromatic heterocycles. The maximum Gasteiger partial charge on any atom is 0.178 e. The van der Waals surface area contributed by atoms with Crippen LogP contribution in [-0.4, -0.2) is 5.16 Å². The van der Waals surface area contributed by atoms with Gasteiger partial charge >= 0.3 is 0 Å². The highest BCUT2D eigenvalue weighted by molar-refractivity contribution is 9.10. The van der Waals surface area contributed by atoms with Gasteiger partial charge in [-0.2, -0.15) is 0 Å². The molecule has 3 rings (SSSR count). The summed E-state index contributed by atoms with van der Waals surface area (Å²) < 4.78 is 6.31. The molecule has 2 aromatic carbocycles. The van der Waals surface area contributed by atoms with Crippen LogP contribution in [0.2, 0.25) is 5.02 Å². The summed E-state index contributed by atoms with van der Waals surface area (Å²) in [5, 5.41) is 4.52. The zero-order valence-corrected chi connectivity index (χ0v) is 13.6. The Morgan fingerprint density at radius 1 is 1.14 bits per heavy atom. The molecule has 1 heterocycles. The van der Waals surface area contributed by atoms with Crippen LogP contribution in [-0.2, 0) is 0 Å². The average molecular weight is 364 g/mol. The maximum absolute atomic E-state index is 6.08. The molecule has 21 heavy (non-hydrogen) atoms. The van der Waals surface area contributed by atoms with Crippen LogP contribution in [0.4, 0.5) is 5.82 Å². The molecule has 0 bridgehead atoms. The van der Waals surface area contributed by atoms with Crippen LogP contribution < -0.4 is 5.73 Å². The van der Waals surface area contributed by atoms with E-state index in [0.29, 0.717) is 16.6 Å². The third-order valence-electron chi connectivity index (χ3n) is 3.23. The van der Waals surface area contributed by atoms with E-state index in [1.54, 1.807) is 6.07 Å². The zero-order chi connectivity index (χ0) is 15.0. The van der Waals surface area contributed by atoms with Crippen molar-refractivity contribution in [2.75, 3.05) is 5.73 Å². The number of nitrogens with zero attached hydrogens (tertiary/aromatic N) is 1. The van der Waals surface area contributed by atoms with Gasteiger partial charge in [-0.25, -0.2) is 0 Å². The molecule has 0 unspecified atom stereocenters. The van der Waals surface area contributed by atoms with E-state index in [1.807, 2.05) is 43.3 Å². The SMILES string of the molecule is Cc1ccc(-c2c(N)noc2-c2cc(Cl)ccc2Br)cc1. The number of benzene rings is 2. The monoisotopic (exact) mass is 362 g/mol. The average Bonchev–Trinajstić information content (AvgIpc) is 2.84. The van der Waals surface area contributed by atoms with E-state index in [4.69, 9.17) is 21.9 Å². The molecule has 2 N–H and O–H groups in total. The van der Waals surface area contributed by atoms with Crippen molar-refractivity contribution in [1.29, 1.82) is 0 Å². The number of nitrogen functional groups attached to an aromatic ring is 1. The molecule has 106 valence electrons. The van der Waals surface area contributed by atoms with Gasteiger partial charge in [-0.3, -0.25) is 0 Å². The normalized spacial score (nSPS) is 10.8. The first kappa shape index (κ1) is 14.2. The van der Waals surface area contributed by atoms with E-state index in [9.17, 15) is 0 Å². The topological polar surface area (TPSA) is 52.0 Å². The van der Waals surface area contributed by atoms with Gasteiger partial charge in [0.1, 0.15) is 0 Å². The highest BCUT2D eigenvalue weighted by Gasteiger charge is 2.19. The Morgan fingerprint density at radius 3 is 2.57 bits per heavy atom. The van der Waals surface area contributed by atoms with E-state index < -0.39 is 0 Å². The molecule has 0 aliphatic carbocycles. The van der Waals surface area contributed by atoms with Crippen LogP contribution >= 0.6 is 27.5 Å². The van der Waals surface area contributed by atoms with E-state index in [2.05, 4.69) is 21.1 Å². The Bertz CT molecular complexity index is 797. The van der Waals surface area contributed by atoms with Gasteiger partial charge < -0.3 is 10.3 Å². The molecule has 0 aliphatic heterocycles. The van der Waals surface area contributed by atoms with Crippen LogP contribution in [0.3, 0.4) is 0 Å². The first-order chi connectivity index (χ1) is 10.1. The second kappa shape index (κ2) is 5.54. The number of halogens is 2. The molecular weight excluding hydrogens is 352 g/mol. The molecule has 0 radical (unpaired) electrons. The predicted molar refractivity (Wildman–Crippen MR) is 89.2 cm³/mol. The molecule has 0 amide bonds. The third kappa shape index (κ3) is 2.69. The molecular formula is C16H12BrClN2O. The number of anilines is 1. The summed E-state index contributed by atoms with van der Waals surface area (Å²) in [6.45, 7) is 2.04. The second-order valence-electron chi connectivity index (χ2n) is 4.76. The van der Waals surface area contributed by atoms with Crippen molar-refractivity contribution in [3.63, 3.8) is 0 Å². The quantitative estimate of drug-likeness (QED) is 0.671. The summed E-state index contributed by atoms with van der Waals surface area (Å²) in [6, 6.07) is 13.6. The van der Waals surface area contributed by atoms with Crippen LogP contribution in [0.15, 0.2) is 51.5 Å². The fourth-order valence-electron chi connectivity index (χ4n) is 2.16. The lowest BCUT2D eigenvalue weighted by Gasteiger charge is -2.06. The van der Waals surface area contributed by atoms with Gasteiger partial charge in [0.15, 0.2) is 11.6 Å². The summed E-state index contributed by atoms with van der Waals surface area (Å²) in [5.74, 6) is 0.964. The maximum atomic E-state index is 6.08. The van der Waals surface area contributed by atoms with E-state index in [-0.39, 0.29) is 0 Å². The zero-order valence-electron chi connectivity index (χ0n) is 11.2. The Labute approximate surface area is 135 Å². The van der Waals surface area contributed by atoms with Gasteiger partial charge in [0.2, 0.25) is 0 Å². The smallest absolute Gasteiger partial charge is 0.178 e. The van der Waals surface area contributed by atoms with Crippen molar-refractivity contribution >= 4 is 33.3 Å². The van der Waals surface area contributed by atoms with E-state index in [1.165, 1.54) is 5.56 Å². The van der Waals surface area contributed by atoms with Crippen LogP contribution in [0.5, 0.6) is 0 Å². The minimum absolute atomic E-state index is 0.362. The van der Waals surface area contributed by atoms with Gasteiger partial charge in [0, 0.05) is 15.1 Å². The molecule has 0 saturated carbocycles. The summed E-state index contributed by atoms with van der Waals surface area (Å²) in [6.07, 6.45) is 0. The highest BCUT2D eigenvalue weighted by Crippen LogP contribution is 2.40. The summed E-state index contributed by atoms with van der Waals surface area (Å²) in [5.41, 5.74) is 9.72. The van der Waals surface area contributed by atoms with Crippen LogP contribution in [0, 0.1) is 6.92 Å². The minimum atomic E-state index is 0.362. The van der Waals surface area contributed by atoms with Crippen molar-refractivity contribution in [3.05, 3.63) is 57.5 Å². The first-order valence-corrected chi connectivity index (χ1v) is 7.51. The third-order valence-corrected chi connectivity index (χ3v) is 4.16. The Morgan fingerprint density at radius 2 is 1.86 bits per heavy atom. The summed E-state index contributed by atoms with van der Waals surface area (Å²) >= 11 is 9.59. The number of hydrogen-bond donors (Lipinski definition) is 1. The predicted octanol–water partition coefficient (Wildman–Crippen LogP) is 5.32. The molecule has 0 atom stereocenters. The number of hydrogen-bond acceptors (Lipinski definition) is 3. The summed E-state index contributed by atoms with van der Waals surface area (Å²) in [7, 11) is 0. The first-order valence-electron chi connectivity index (χ1n) is 6.34. The molecule has 0 aliphatic rings. The lowest BCUT2D eigenvalue weighted by Crippen LogP contribution is -1.89. The van der Waals surface area contributed by atoms with Crippen LogP contribution in [0.1, 0.15) is 5.56 Å². The molecule has 0 saturated heterocycles. The number of nitrogens with two attached hydrogens (primary N) is 1. The van der Waals surface area contributed by atoms with E-state index in [0.717, 1.165) is 21.2 Å². The van der Waals surface area contributed by atoms with Crippen LogP contribution in [0.25, 0.3) is 22.5 Å². The molecule has 0 fully saturated rings. The fourth-order valence-corrected chi connectivity index (χ4v) is 2.76. The highest BCUT2D eigenvalue weighted by atomic mass is 79.9. The second-order valence-corrected chi connectivity index (χ2v) is 6.05. The molecule has 3 nitrogen and oxygen atoms in total. The van der Waals surface area contributed by atoms with Crippen molar-refractivity contribution in [2.45, 2.75) is 6.92 Å². The number of rotatable bonds is 2.